The molecule has 12 rings (SSSR count). The van der Waals surface area contributed by atoms with Crippen molar-refractivity contribution in [1.29, 1.82) is 0 Å². The summed E-state index contributed by atoms with van der Waals surface area (Å²) in [4.78, 5) is 2.32. The van der Waals surface area contributed by atoms with Gasteiger partial charge < -0.3 is 9.47 Å². The molecular weight excluding hydrogens is 689 g/mol. The molecule has 0 N–H and O–H groups in total. The van der Waals surface area contributed by atoms with Crippen molar-refractivity contribution in [3.05, 3.63) is 205 Å². The number of fused-ring (bicyclic) bond motifs is 7. The van der Waals surface area contributed by atoms with Crippen LogP contribution in [0.4, 0.5) is 17.1 Å². The number of hydrogen-bond donors (Lipinski definition) is 0. The van der Waals surface area contributed by atoms with E-state index in [-0.39, 0.29) is 5.41 Å². The summed E-state index contributed by atoms with van der Waals surface area (Å²) in [6.07, 6.45) is 0. The van der Waals surface area contributed by atoms with Gasteiger partial charge in [-0.15, -0.1) is 0 Å². The molecular formula is C55H38N2. The number of anilines is 3. The van der Waals surface area contributed by atoms with Crippen LogP contribution in [-0.4, -0.2) is 4.57 Å². The Hall–Kier alpha value is -7.16. The molecule has 0 saturated heterocycles. The maximum absolute atomic E-state index is 2.53. The quantitative estimate of drug-likeness (QED) is 0.160. The lowest BCUT2D eigenvalue weighted by Gasteiger charge is -2.25. The van der Waals surface area contributed by atoms with E-state index in [2.05, 4.69) is 217 Å². The van der Waals surface area contributed by atoms with E-state index in [4.69, 9.17) is 0 Å². The fraction of sp³-hybridized carbons (Fsp3) is 0.0545. The molecule has 2 nitrogen and oxygen atoms in total. The van der Waals surface area contributed by atoms with Crippen LogP contribution in [0.15, 0.2) is 194 Å². The van der Waals surface area contributed by atoms with Gasteiger partial charge >= 0.3 is 0 Å². The normalized spacial score (nSPS) is 13.2. The third-order valence-corrected chi connectivity index (χ3v) is 12.7. The molecule has 0 atom stereocenters. The first-order valence-electron chi connectivity index (χ1n) is 19.9. The number of aromatic nitrogens is 1. The van der Waals surface area contributed by atoms with E-state index in [1.165, 1.54) is 93.2 Å². The second kappa shape index (κ2) is 11.9. The standard InChI is InChI=1S/C55H38N2/c1-55(2)49-19-11-9-17-43(49)44-32-28-41(34-50(44)55)57-51-20-12-10-18-45(51)48-33-37-25-30-46-42(29-23-36-24-31-47(54(48)57)53(37)52(36)46)35-21-26-40(27-22-35)56(38-13-5-3-6-14-38)39-15-7-4-8-16-39/h3-34H,1-2H3. The molecule has 0 saturated carbocycles. The molecule has 0 fully saturated rings. The number of rotatable bonds is 5. The van der Waals surface area contributed by atoms with Crippen LogP contribution in [-0.2, 0) is 5.41 Å². The van der Waals surface area contributed by atoms with Crippen molar-refractivity contribution >= 4 is 71.2 Å². The Morgan fingerprint density at radius 1 is 0.404 bits per heavy atom. The van der Waals surface area contributed by atoms with Gasteiger partial charge in [0, 0.05) is 44.3 Å². The van der Waals surface area contributed by atoms with E-state index in [0.717, 1.165) is 17.1 Å². The minimum absolute atomic E-state index is 0.0807. The molecule has 0 aliphatic heterocycles. The highest BCUT2D eigenvalue weighted by Gasteiger charge is 2.35. The highest BCUT2D eigenvalue weighted by Crippen LogP contribution is 2.50. The second-order valence-electron chi connectivity index (χ2n) is 16.1. The lowest BCUT2D eigenvalue weighted by molar-refractivity contribution is 0.660. The molecule has 11 aromatic rings. The summed E-state index contributed by atoms with van der Waals surface area (Å²) >= 11 is 0. The van der Waals surface area contributed by atoms with Gasteiger partial charge in [0.15, 0.2) is 0 Å². The SMILES string of the molecule is CC1(C)c2ccccc2-c2ccc(-n3c4ccccc4c4cc5ccc6c(-c7ccc(N(c8ccccc8)c8ccccc8)cc7)ccc7ccc(c5c76)c43)cc21. The zero-order chi connectivity index (χ0) is 37.8. The topological polar surface area (TPSA) is 8.17 Å². The highest BCUT2D eigenvalue weighted by molar-refractivity contribution is 6.32. The van der Waals surface area contributed by atoms with Crippen molar-refractivity contribution in [1.82, 2.24) is 4.57 Å². The highest BCUT2D eigenvalue weighted by atomic mass is 15.1. The summed E-state index contributed by atoms with van der Waals surface area (Å²) in [6, 6.07) is 71.7. The molecule has 268 valence electrons. The van der Waals surface area contributed by atoms with Crippen molar-refractivity contribution in [3.63, 3.8) is 0 Å². The Kier molecular flexibility index (Phi) is 6.72. The van der Waals surface area contributed by atoms with E-state index in [1.54, 1.807) is 0 Å². The maximum Gasteiger partial charge on any atom is 0.0620 e. The average Bonchev–Trinajstić information content (AvgIpc) is 3.72. The Balaban J connectivity index is 1.06. The van der Waals surface area contributed by atoms with Crippen LogP contribution >= 0.6 is 0 Å². The second-order valence-corrected chi connectivity index (χ2v) is 16.1. The van der Waals surface area contributed by atoms with E-state index < -0.39 is 0 Å². The fourth-order valence-electron chi connectivity index (χ4n) is 10.1. The van der Waals surface area contributed by atoms with Crippen LogP contribution in [0.3, 0.4) is 0 Å². The maximum atomic E-state index is 2.53. The van der Waals surface area contributed by atoms with Crippen molar-refractivity contribution in [2.75, 3.05) is 4.90 Å². The van der Waals surface area contributed by atoms with Crippen LogP contribution < -0.4 is 4.90 Å². The Morgan fingerprint density at radius 2 is 1.00 bits per heavy atom. The van der Waals surface area contributed by atoms with Crippen LogP contribution in [0.5, 0.6) is 0 Å². The Labute approximate surface area is 331 Å². The van der Waals surface area contributed by atoms with Gasteiger partial charge in [-0.3, -0.25) is 0 Å². The first-order valence-corrected chi connectivity index (χ1v) is 19.9. The van der Waals surface area contributed by atoms with Crippen molar-refractivity contribution < 1.29 is 0 Å². The van der Waals surface area contributed by atoms with Gasteiger partial charge in [0.1, 0.15) is 0 Å². The minimum atomic E-state index is -0.0807. The fourth-order valence-corrected chi connectivity index (χ4v) is 10.1. The zero-order valence-corrected chi connectivity index (χ0v) is 31.9. The molecule has 57 heavy (non-hydrogen) atoms. The van der Waals surface area contributed by atoms with Gasteiger partial charge in [-0.2, -0.15) is 0 Å². The number of benzene rings is 10. The zero-order valence-electron chi connectivity index (χ0n) is 31.9. The van der Waals surface area contributed by atoms with Crippen LogP contribution in [0.1, 0.15) is 25.0 Å². The monoisotopic (exact) mass is 726 g/mol. The summed E-state index contributed by atoms with van der Waals surface area (Å²) < 4.78 is 2.53. The van der Waals surface area contributed by atoms with Gasteiger partial charge in [-0.1, -0.05) is 147 Å². The summed E-state index contributed by atoms with van der Waals surface area (Å²) in [5.41, 5.74) is 15.0. The number of hydrogen-bond acceptors (Lipinski definition) is 1. The first-order chi connectivity index (χ1) is 28.0. The molecule has 0 unspecified atom stereocenters. The lowest BCUT2D eigenvalue weighted by atomic mass is 9.82. The molecule has 2 heteroatoms. The van der Waals surface area contributed by atoms with E-state index >= 15 is 0 Å². The molecule has 0 radical (unpaired) electrons. The molecule has 0 spiro atoms. The van der Waals surface area contributed by atoms with Gasteiger partial charge in [0.05, 0.1) is 11.0 Å². The Bertz CT molecular complexity index is 3310. The largest absolute Gasteiger partial charge is 0.311 e. The molecule has 1 aromatic heterocycles. The van der Waals surface area contributed by atoms with Crippen molar-refractivity contribution in [2.45, 2.75) is 19.3 Å². The Morgan fingerprint density at radius 3 is 1.79 bits per heavy atom. The third-order valence-electron chi connectivity index (χ3n) is 12.7. The predicted molar refractivity (Wildman–Crippen MR) is 242 cm³/mol. The molecule has 10 aromatic carbocycles. The van der Waals surface area contributed by atoms with E-state index in [1.807, 2.05) is 0 Å². The van der Waals surface area contributed by atoms with Crippen molar-refractivity contribution in [2.24, 2.45) is 0 Å². The van der Waals surface area contributed by atoms with Crippen LogP contribution in [0.2, 0.25) is 0 Å². The van der Waals surface area contributed by atoms with Crippen LogP contribution in [0, 0.1) is 0 Å². The van der Waals surface area contributed by atoms with Gasteiger partial charge in [-0.25, -0.2) is 0 Å². The summed E-state index contributed by atoms with van der Waals surface area (Å²) in [7, 11) is 0. The van der Waals surface area contributed by atoms with Crippen LogP contribution in [0.25, 0.3) is 82.1 Å². The van der Waals surface area contributed by atoms with Gasteiger partial charge in [0.25, 0.3) is 0 Å². The predicted octanol–water partition coefficient (Wildman–Crippen LogP) is 15.1. The first kappa shape index (κ1) is 32.1. The van der Waals surface area contributed by atoms with E-state index in [9.17, 15) is 0 Å². The van der Waals surface area contributed by atoms with E-state index in [0.29, 0.717) is 0 Å². The average molecular weight is 727 g/mol. The summed E-state index contributed by atoms with van der Waals surface area (Å²) in [6.45, 7) is 4.74. The molecule has 1 aliphatic rings. The summed E-state index contributed by atoms with van der Waals surface area (Å²) in [5, 5.41) is 10.3. The lowest BCUT2D eigenvalue weighted by Crippen LogP contribution is -2.15. The molecule has 0 bridgehead atoms. The smallest absolute Gasteiger partial charge is 0.0620 e. The summed E-state index contributed by atoms with van der Waals surface area (Å²) in [5.74, 6) is 0. The van der Waals surface area contributed by atoms with Gasteiger partial charge in [0.2, 0.25) is 0 Å². The van der Waals surface area contributed by atoms with Crippen molar-refractivity contribution in [3.8, 4) is 27.9 Å². The van der Waals surface area contributed by atoms with Gasteiger partial charge in [-0.05, 0) is 121 Å². The number of para-hydroxylation sites is 3. The minimum Gasteiger partial charge on any atom is -0.311 e. The molecule has 1 aliphatic carbocycles. The third kappa shape index (κ3) is 4.59. The molecule has 0 amide bonds. The number of nitrogens with zero attached hydrogens (tertiary/aromatic N) is 2. The molecule has 1 heterocycles.